The normalized spacial score (nSPS) is 13.1. The number of halogens is 3. The number of sulfone groups is 1. The molecule has 0 aromatic heterocycles. The van der Waals surface area contributed by atoms with Crippen LogP contribution in [0.3, 0.4) is 0 Å². The lowest BCUT2D eigenvalue weighted by atomic mass is 10.2. The Morgan fingerprint density at radius 3 is 2.08 bits per heavy atom. The van der Waals surface area contributed by atoms with Crippen LogP contribution in [0.2, 0.25) is 0 Å². The smallest absolute Gasteiger partial charge is 0.317 e. The van der Waals surface area contributed by atoms with Gasteiger partial charge in [-0.25, -0.2) is 13.2 Å². The first-order valence-electron chi connectivity index (χ1n) is 7.10. The summed E-state index contributed by atoms with van der Waals surface area (Å²) in [5.41, 5.74) is 1.34. The number of aryl methyl sites for hydroxylation is 1. The number of rotatable bonds is 4. The second kappa shape index (κ2) is 7.83. The van der Waals surface area contributed by atoms with Crippen LogP contribution in [0, 0.1) is 6.92 Å². The number of nitrogens with one attached hydrogen (secondary N) is 2. The zero-order valence-electron chi connectivity index (χ0n) is 13.0. The lowest BCUT2D eigenvalue weighted by Crippen LogP contribution is -2.50. The molecule has 5 nitrogen and oxygen atoms in total. The van der Waals surface area contributed by atoms with Gasteiger partial charge >= 0.3 is 6.03 Å². The van der Waals surface area contributed by atoms with Gasteiger partial charge in [-0.05, 0) is 31.2 Å². The number of para-hydroxylation sites is 1. The summed E-state index contributed by atoms with van der Waals surface area (Å²) < 4.78 is 23.3. The van der Waals surface area contributed by atoms with Crippen molar-refractivity contribution in [3.63, 3.8) is 0 Å². The van der Waals surface area contributed by atoms with Gasteiger partial charge < -0.3 is 10.6 Å². The van der Waals surface area contributed by atoms with Gasteiger partial charge in [-0.1, -0.05) is 70.7 Å². The summed E-state index contributed by atoms with van der Waals surface area (Å²) in [5.74, 6) is 0. The van der Waals surface area contributed by atoms with Crippen LogP contribution < -0.4 is 10.6 Å². The first kappa shape index (κ1) is 19.8. The van der Waals surface area contributed by atoms with Crippen molar-refractivity contribution in [2.24, 2.45) is 0 Å². The Labute approximate surface area is 161 Å². The van der Waals surface area contributed by atoms with Crippen molar-refractivity contribution in [3.8, 4) is 0 Å². The summed E-state index contributed by atoms with van der Waals surface area (Å²) >= 11 is 17.5. The summed E-state index contributed by atoms with van der Waals surface area (Å²) in [6, 6.07) is 13.7. The van der Waals surface area contributed by atoms with Gasteiger partial charge in [-0.3, -0.25) is 0 Å². The molecule has 0 spiro atoms. The Morgan fingerprint density at radius 1 is 1.00 bits per heavy atom. The second-order valence-corrected chi connectivity index (χ2v) is 9.65. The van der Waals surface area contributed by atoms with Crippen molar-refractivity contribution in [2.45, 2.75) is 21.0 Å². The molecule has 9 heteroatoms. The monoisotopic (exact) mass is 420 g/mol. The molecule has 2 rings (SSSR count). The molecule has 0 aliphatic heterocycles. The number of benzene rings is 2. The SMILES string of the molecule is Cc1ccc(S(=O)(=O)[C@H](NC(=O)Nc2ccccc2)C(Cl)(Cl)Cl)cc1. The first-order valence-corrected chi connectivity index (χ1v) is 9.78. The van der Waals surface area contributed by atoms with Crippen LogP contribution in [0.15, 0.2) is 59.5 Å². The fraction of sp³-hybridized carbons (Fsp3) is 0.188. The predicted octanol–water partition coefficient (Wildman–Crippen LogP) is 4.29. The molecule has 0 saturated heterocycles. The van der Waals surface area contributed by atoms with Crippen molar-refractivity contribution in [1.82, 2.24) is 5.32 Å². The Kier molecular flexibility index (Phi) is 6.21. The number of alkyl halides is 3. The fourth-order valence-electron chi connectivity index (χ4n) is 2.01. The number of hydrogen-bond acceptors (Lipinski definition) is 3. The highest BCUT2D eigenvalue weighted by molar-refractivity contribution is 7.92. The topological polar surface area (TPSA) is 75.3 Å². The lowest BCUT2D eigenvalue weighted by molar-refractivity contribution is 0.251. The summed E-state index contributed by atoms with van der Waals surface area (Å²) in [5, 5.41) is 2.94. The van der Waals surface area contributed by atoms with Crippen LogP contribution in [-0.4, -0.2) is 23.6 Å². The van der Waals surface area contributed by atoms with Gasteiger partial charge in [0.25, 0.3) is 0 Å². The molecule has 0 unspecified atom stereocenters. The third-order valence-electron chi connectivity index (χ3n) is 3.25. The minimum absolute atomic E-state index is 0.0607. The maximum absolute atomic E-state index is 12.8. The van der Waals surface area contributed by atoms with Gasteiger partial charge in [0.15, 0.2) is 5.37 Å². The van der Waals surface area contributed by atoms with Crippen molar-refractivity contribution in [1.29, 1.82) is 0 Å². The van der Waals surface area contributed by atoms with E-state index in [1.807, 2.05) is 6.92 Å². The summed E-state index contributed by atoms with van der Waals surface area (Å²) in [6.45, 7) is 1.81. The van der Waals surface area contributed by atoms with E-state index in [2.05, 4.69) is 10.6 Å². The van der Waals surface area contributed by atoms with E-state index in [0.717, 1.165) is 5.56 Å². The molecule has 0 saturated carbocycles. The zero-order chi connectivity index (χ0) is 18.7. The van der Waals surface area contributed by atoms with E-state index >= 15 is 0 Å². The van der Waals surface area contributed by atoms with E-state index in [0.29, 0.717) is 5.69 Å². The highest BCUT2D eigenvalue weighted by Crippen LogP contribution is 2.35. The second-order valence-electron chi connectivity index (χ2n) is 5.24. The quantitative estimate of drug-likeness (QED) is 0.723. The van der Waals surface area contributed by atoms with Crippen LogP contribution in [0.4, 0.5) is 10.5 Å². The third kappa shape index (κ3) is 5.25. The molecule has 1 atom stereocenters. The maximum Gasteiger partial charge on any atom is 0.320 e. The van der Waals surface area contributed by atoms with Crippen LogP contribution in [0.25, 0.3) is 0 Å². The summed E-state index contributed by atoms with van der Waals surface area (Å²) in [7, 11) is -4.13. The van der Waals surface area contributed by atoms with Gasteiger partial charge in [0, 0.05) is 5.69 Å². The third-order valence-corrected chi connectivity index (χ3v) is 6.32. The zero-order valence-corrected chi connectivity index (χ0v) is 16.1. The van der Waals surface area contributed by atoms with Gasteiger partial charge in [0.05, 0.1) is 4.90 Å². The van der Waals surface area contributed by atoms with Crippen LogP contribution in [-0.2, 0) is 9.84 Å². The molecule has 2 aromatic rings. The van der Waals surface area contributed by atoms with Crippen LogP contribution >= 0.6 is 34.8 Å². The van der Waals surface area contributed by atoms with Crippen molar-refractivity contribution < 1.29 is 13.2 Å². The number of urea groups is 1. The maximum atomic E-state index is 12.8. The number of amides is 2. The Morgan fingerprint density at radius 2 is 1.56 bits per heavy atom. The molecular weight excluding hydrogens is 407 g/mol. The number of hydrogen-bond donors (Lipinski definition) is 2. The van der Waals surface area contributed by atoms with E-state index in [1.54, 1.807) is 42.5 Å². The molecule has 2 aromatic carbocycles. The molecule has 25 heavy (non-hydrogen) atoms. The molecule has 2 amide bonds. The molecular formula is C16H15Cl3N2O3S. The summed E-state index contributed by atoms with van der Waals surface area (Å²) in [6.07, 6.45) is 0. The van der Waals surface area contributed by atoms with Crippen molar-refractivity contribution in [3.05, 3.63) is 60.2 Å². The van der Waals surface area contributed by atoms with Gasteiger partial charge in [0.1, 0.15) is 0 Å². The Hall–Kier alpha value is -1.47. The van der Waals surface area contributed by atoms with Gasteiger partial charge in [-0.15, -0.1) is 0 Å². The van der Waals surface area contributed by atoms with E-state index in [1.165, 1.54) is 12.1 Å². The van der Waals surface area contributed by atoms with Crippen LogP contribution in [0.1, 0.15) is 5.56 Å². The molecule has 0 heterocycles. The minimum Gasteiger partial charge on any atom is -0.317 e. The van der Waals surface area contributed by atoms with E-state index in [9.17, 15) is 13.2 Å². The molecule has 0 bridgehead atoms. The highest BCUT2D eigenvalue weighted by Gasteiger charge is 2.44. The Balaban J connectivity index is 2.27. The fourth-order valence-corrected chi connectivity index (χ4v) is 4.63. The number of anilines is 1. The first-order chi connectivity index (χ1) is 11.6. The van der Waals surface area contributed by atoms with E-state index in [4.69, 9.17) is 34.8 Å². The minimum atomic E-state index is -4.13. The average Bonchev–Trinajstić information content (AvgIpc) is 2.53. The average molecular weight is 422 g/mol. The van der Waals surface area contributed by atoms with Gasteiger partial charge in [-0.2, -0.15) is 0 Å². The lowest BCUT2D eigenvalue weighted by Gasteiger charge is -2.25. The largest absolute Gasteiger partial charge is 0.320 e. The Bertz CT molecular complexity index is 835. The molecule has 0 fully saturated rings. The molecule has 0 aliphatic rings. The van der Waals surface area contributed by atoms with E-state index < -0.39 is 25.0 Å². The number of carbonyl (C=O) groups excluding carboxylic acids is 1. The highest BCUT2D eigenvalue weighted by atomic mass is 35.6. The standard InChI is InChI=1S/C16H15Cl3N2O3S/c1-11-7-9-13(10-8-11)25(23,24)14(16(17,18)19)21-15(22)20-12-5-3-2-4-6-12/h2-10,14H,1H3,(H2,20,21,22)/t14-/m0/s1. The molecule has 0 aliphatic carbocycles. The predicted molar refractivity (Wildman–Crippen MR) is 101 cm³/mol. The van der Waals surface area contributed by atoms with Crippen molar-refractivity contribution >= 4 is 56.4 Å². The van der Waals surface area contributed by atoms with E-state index in [-0.39, 0.29) is 4.90 Å². The molecule has 0 radical (unpaired) electrons. The summed E-state index contributed by atoms with van der Waals surface area (Å²) in [4.78, 5) is 12.1. The van der Waals surface area contributed by atoms with Crippen molar-refractivity contribution in [2.75, 3.05) is 5.32 Å². The van der Waals surface area contributed by atoms with Crippen LogP contribution in [0.5, 0.6) is 0 Å². The number of carbonyl (C=O) groups is 1. The van der Waals surface area contributed by atoms with Gasteiger partial charge in [0.2, 0.25) is 13.6 Å². The molecule has 2 N–H and O–H groups in total. The molecule has 134 valence electrons.